The lowest BCUT2D eigenvalue weighted by atomic mass is 10.1. The van der Waals surface area contributed by atoms with E-state index in [-0.39, 0.29) is 0 Å². The van der Waals surface area contributed by atoms with Gasteiger partial charge in [-0.1, -0.05) is 0 Å². The van der Waals surface area contributed by atoms with Gasteiger partial charge in [0, 0.05) is 13.2 Å². The number of ether oxygens (including phenoxy) is 1. The van der Waals surface area contributed by atoms with Crippen LogP contribution in [0, 0.1) is 5.92 Å². The van der Waals surface area contributed by atoms with Crippen molar-refractivity contribution in [2.45, 2.75) is 10.6 Å². The molecule has 1 aliphatic heterocycles. The number of nitrogens with one attached hydrogen (secondary N) is 1. The SMILES string of the molecule is O=S(=O)(NCC1CCOC1)c1ccc(Br)s1. The van der Waals surface area contributed by atoms with Crippen LogP contribution in [0.1, 0.15) is 6.42 Å². The first kappa shape index (κ1) is 12.5. The van der Waals surface area contributed by atoms with Crippen LogP contribution in [0.15, 0.2) is 20.1 Å². The minimum Gasteiger partial charge on any atom is -0.381 e. The van der Waals surface area contributed by atoms with Gasteiger partial charge in [0.2, 0.25) is 10.0 Å². The largest absolute Gasteiger partial charge is 0.381 e. The van der Waals surface area contributed by atoms with E-state index >= 15 is 0 Å². The lowest BCUT2D eigenvalue weighted by molar-refractivity contribution is 0.186. The molecule has 0 aliphatic carbocycles. The third-order valence-electron chi connectivity index (χ3n) is 2.40. The number of sulfonamides is 1. The number of rotatable bonds is 4. The molecule has 1 aromatic rings. The summed E-state index contributed by atoms with van der Waals surface area (Å²) in [5.41, 5.74) is 0. The molecule has 4 nitrogen and oxygen atoms in total. The molecule has 2 rings (SSSR count). The first-order valence-electron chi connectivity index (χ1n) is 4.91. The van der Waals surface area contributed by atoms with Gasteiger partial charge >= 0.3 is 0 Å². The summed E-state index contributed by atoms with van der Waals surface area (Å²) >= 11 is 4.46. The second-order valence-corrected chi connectivity index (χ2v) is 8.10. The number of hydrogen-bond donors (Lipinski definition) is 1. The van der Waals surface area contributed by atoms with Crippen molar-refractivity contribution in [3.63, 3.8) is 0 Å². The maximum atomic E-state index is 11.8. The van der Waals surface area contributed by atoms with Crippen LogP contribution in [0.4, 0.5) is 0 Å². The molecule has 0 saturated carbocycles. The van der Waals surface area contributed by atoms with Gasteiger partial charge in [-0.2, -0.15) is 0 Å². The molecule has 1 aliphatic rings. The van der Waals surface area contributed by atoms with E-state index in [2.05, 4.69) is 20.7 Å². The summed E-state index contributed by atoms with van der Waals surface area (Å²) in [6.45, 7) is 1.84. The lowest BCUT2D eigenvalue weighted by Gasteiger charge is -2.08. The summed E-state index contributed by atoms with van der Waals surface area (Å²) in [6, 6.07) is 3.33. The number of hydrogen-bond acceptors (Lipinski definition) is 4. The summed E-state index contributed by atoms with van der Waals surface area (Å²) in [4.78, 5) is 0. The van der Waals surface area contributed by atoms with E-state index in [4.69, 9.17) is 4.74 Å². The van der Waals surface area contributed by atoms with Gasteiger partial charge in [0.15, 0.2) is 0 Å². The molecule has 1 saturated heterocycles. The fraction of sp³-hybridized carbons (Fsp3) is 0.556. The minimum absolute atomic E-state index is 0.304. The van der Waals surface area contributed by atoms with E-state index in [0.717, 1.165) is 16.8 Å². The summed E-state index contributed by atoms with van der Waals surface area (Å²) in [5.74, 6) is 0.304. The van der Waals surface area contributed by atoms with Crippen LogP contribution in [0.5, 0.6) is 0 Å². The van der Waals surface area contributed by atoms with Gasteiger partial charge in [-0.05, 0) is 40.4 Å². The van der Waals surface area contributed by atoms with Crippen molar-refractivity contribution in [3.05, 3.63) is 15.9 Å². The molecule has 1 unspecified atom stereocenters. The Morgan fingerprint density at radius 3 is 2.94 bits per heavy atom. The third-order valence-corrected chi connectivity index (χ3v) is 5.94. The third kappa shape index (κ3) is 3.04. The van der Waals surface area contributed by atoms with Crippen molar-refractivity contribution >= 4 is 37.3 Å². The lowest BCUT2D eigenvalue weighted by Crippen LogP contribution is -2.29. The zero-order chi connectivity index (χ0) is 11.6. The van der Waals surface area contributed by atoms with Crippen LogP contribution in [0.3, 0.4) is 0 Å². The molecule has 1 aromatic heterocycles. The Labute approximate surface area is 107 Å². The molecule has 16 heavy (non-hydrogen) atoms. The van der Waals surface area contributed by atoms with Gasteiger partial charge in [0.05, 0.1) is 10.4 Å². The van der Waals surface area contributed by atoms with Crippen LogP contribution in [0.25, 0.3) is 0 Å². The van der Waals surface area contributed by atoms with Crippen LogP contribution in [-0.2, 0) is 14.8 Å². The van der Waals surface area contributed by atoms with E-state index in [1.807, 2.05) is 0 Å². The average Bonchev–Trinajstić information content (AvgIpc) is 2.85. The molecule has 2 heterocycles. The first-order valence-corrected chi connectivity index (χ1v) is 8.00. The zero-order valence-electron chi connectivity index (χ0n) is 8.48. The zero-order valence-corrected chi connectivity index (χ0v) is 11.7. The highest BCUT2D eigenvalue weighted by Gasteiger charge is 2.21. The van der Waals surface area contributed by atoms with E-state index in [1.165, 1.54) is 11.3 Å². The van der Waals surface area contributed by atoms with Crippen LogP contribution in [-0.4, -0.2) is 28.2 Å². The molecule has 0 amide bonds. The normalized spacial score (nSPS) is 21.4. The second-order valence-electron chi connectivity index (χ2n) is 3.64. The maximum Gasteiger partial charge on any atom is 0.250 e. The fourth-order valence-corrected chi connectivity index (χ4v) is 4.66. The van der Waals surface area contributed by atoms with Crippen molar-refractivity contribution in [2.24, 2.45) is 5.92 Å². The Morgan fingerprint density at radius 1 is 1.56 bits per heavy atom. The van der Waals surface area contributed by atoms with Crippen molar-refractivity contribution in [1.29, 1.82) is 0 Å². The van der Waals surface area contributed by atoms with Crippen molar-refractivity contribution in [3.8, 4) is 0 Å². The second kappa shape index (κ2) is 5.14. The Hall–Kier alpha value is 0.0500. The van der Waals surface area contributed by atoms with Gasteiger partial charge < -0.3 is 4.74 Å². The van der Waals surface area contributed by atoms with Crippen molar-refractivity contribution < 1.29 is 13.2 Å². The highest BCUT2D eigenvalue weighted by Crippen LogP contribution is 2.26. The predicted octanol–water partition coefficient (Wildman–Crippen LogP) is 1.83. The van der Waals surface area contributed by atoms with E-state index in [0.29, 0.717) is 23.3 Å². The van der Waals surface area contributed by atoms with E-state index < -0.39 is 10.0 Å². The van der Waals surface area contributed by atoms with Gasteiger partial charge in [-0.25, -0.2) is 13.1 Å². The number of thiophene rings is 1. The molecule has 1 fully saturated rings. The Kier molecular flexibility index (Phi) is 4.01. The molecule has 0 bridgehead atoms. The van der Waals surface area contributed by atoms with Gasteiger partial charge in [-0.15, -0.1) is 11.3 Å². The molecule has 0 radical (unpaired) electrons. The van der Waals surface area contributed by atoms with E-state index in [1.54, 1.807) is 12.1 Å². The molecule has 0 aromatic carbocycles. The summed E-state index contributed by atoms with van der Waals surface area (Å²) in [6.07, 6.45) is 0.927. The smallest absolute Gasteiger partial charge is 0.250 e. The molecule has 0 spiro atoms. The maximum absolute atomic E-state index is 11.8. The summed E-state index contributed by atoms with van der Waals surface area (Å²) in [5, 5.41) is 0. The van der Waals surface area contributed by atoms with Crippen molar-refractivity contribution in [1.82, 2.24) is 4.72 Å². The van der Waals surface area contributed by atoms with Crippen LogP contribution < -0.4 is 4.72 Å². The minimum atomic E-state index is -3.34. The summed E-state index contributed by atoms with van der Waals surface area (Å²) < 4.78 is 32.6. The van der Waals surface area contributed by atoms with Crippen LogP contribution >= 0.6 is 27.3 Å². The highest BCUT2D eigenvalue weighted by atomic mass is 79.9. The Balaban J connectivity index is 1.97. The molecular formula is C9H12BrNO3S2. The van der Waals surface area contributed by atoms with Gasteiger partial charge in [0.25, 0.3) is 0 Å². The quantitative estimate of drug-likeness (QED) is 0.918. The van der Waals surface area contributed by atoms with Crippen molar-refractivity contribution in [2.75, 3.05) is 19.8 Å². The molecular weight excluding hydrogens is 314 g/mol. The monoisotopic (exact) mass is 325 g/mol. The fourth-order valence-electron chi connectivity index (χ4n) is 1.49. The van der Waals surface area contributed by atoms with Gasteiger partial charge in [0.1, 0.15) is 4.21 Å². The van der Waals surface area contributed by atoms with Gasteiger partial charge in [-0.3, -0.25) is 0 Å². The standard InChI is InChI=1S/C9H12BrNO3S2/c10-8-1-2-9(15-8)16(12,13)11-5-7-3-4-14-6-7/h1-2,7,11H,3-6H2. The van der Waals surface area contributed by atoms with E-state index in [9.17, 15) is 8.42 Å². The molecule has 7 heteroatoms. The average molecular weight is 326 g/mol. The molecule has 1 N–H and O–H groups in total. The Bertz CT molecular complexity index is 451. The Morgan fingerprint density at radius 2 is 2.38 bits per heavy atom. The highest BCUT2D eigenvalue weighted by molar-refractivity contribution is 9.11. The topological polar surface area (TPSA) is 55.4 Å². The molecule has 90 valence electrons. The van der Waals surface area contributed by atoms with Crippen LogP contribution in [0.2, 0.25) is 0 Å². The predicted molar refractivity (Wildman–Crippen MR) is 66.1 cm³/mol. The molecule has 1 atom stereocenters. The summed E-state index contributed by atoms with van der Waals surface area (Å²) in [7, 11) is -3.34. The number of halogens is 1. The first-order chi connectivity index (χ1) is 7.58.